The van der Waals surface area contributed by atoms with Gasteiger partial charge in [0.2, 0.25) is 5.91 Å². The van der Waals surface area contributed by atoms with Crippen LogP contribution >= 0.6 is 12.4 Å². The molecular formula is C15H27ClN2O3. The van der Waals surface area contributed by atoms with Gasteiger partial charge in [-0.05, 0) is 44.7 Å². The van der Waals surface area contributed by atoms with Crippen molar-refractivity contribution in [3.63, 3.8) is 0 Å². The van der Waals surface area contributed by atoms with E-state index in [1.165, 1.54) is 32.1 Å². The molecule has 21 heavy (non-hydrogen) atoms. The van der Waals surface area contributed by atoms with Gasteiger partial charge < -0.3 is 10.4 Å². The zero-order valence-electron chi connectivity index (χ0n) is 12.6. The van der Waals surface area contributed by atoms with Gasteiger partial charge in [-0.3, -0.25) is 14.5 Å². The van der Waals surface area contributed by atoms with Crippen LogP contribution in [-0.4, -0.2) is 48.1 Å². The van der Waals surface area contributed by atoms with E-state index in [9.17, 15) is 9.59 Å². The zero-order chi connectivity index (χ0) is 14.4. The van der Waals surface area contributed by atoms with E-state index >= 15 is 0 Å². The number of carbonyl (C=O) groups is 2. The Kier molecular flexibility index (Phi) is 8.04. The van der Waals surface area contributed by atoms with Crippen LogP contribution in [0.4, 0.5) is 0 Å². The summed E-state index contributed by atoms with van der Waals surface area (Å²) in [4.78, 5) is 24.8. The average Bonchev–Trinajstić information content (AvgIpc) is 2.47. The molecule has 2 N–H and O–H groups in total. The molecule has 1 aliphatic carbocycles. The van der Waals surface area contributed by atoms with Crippen molar-refractivity contribution in [2.45, 2.75) is 44.9 Å². The minimum absolute atomic E-state index is 0. The average molecular weight is 319 g/mol. The molecule has 0 unspecified atom stereocenters. The molecular weight excluding hydrogens is 292 g/mol. The lowest BCUT2D eigenvalue weighted by molar-refractivity contribution is -0.143. The quantitative estimate of drug-likeness (QED) is 0.812. The van der Waals surface area contributed by atoms with E-state index in [0.717, 1.165) is 6.54 Å². The van der Waals surface area contributed by atoms with Crippen molar-refractivity contribution in [3.05, 3.63) is 0 Å². The molecule has 2 rings (SSSR count). The summed E-state index contributed by atoms with van der Waals surface area (Å²) in [7, 11) is 0. The number of hydrogen-bond donors (Lipinski definition) is 2. The van der Waals surface area contributed by atoms with Crippen LogP contribution in [0.5, 0.6) is 0 Å². The molecule has 2 fully saturated rings. The van der Waals surface area contributed by atoms with E-state index in [-0.39, 0.29) is 24.2 Å². The number of halogens is 1. The summed E-state index contributed by atoms with van der Waals surface area (Å²) in [5.41, 5.74) is 0. The van der Waals surface area contributed by atoms with Gasteiger partial charge in [-0.2, -0.15) is 0 Å². The molecule has 0 aromatic heterocycles. The summed E-state index contributed by atoms with van der Waals surface area (Å²) in [6.07, 6.45) is 7.72. The van der Waals surface area contributed by atoms with Crippen LogP contribution in [0.1, 0.15) is 44.9 Å². The fraction of sp³-hybridized carbons (Fsp3) is 0.867. The lowest BCUT2D eigenvalue weighted by Crippen LogP contribution is -2.43. The summed E-state index contributed by atoms with van der Waals surface area (Å²) in [6.45, 7) is 2.66. The molecule has 0 atom stereocenters. The summed E-state index contributed by atoms with van der Waals surface area (Å²) in [6, 6.07) is 0. The molecule has 1 saturated carbocycles. The second-order valence-electron chi connectivity index (χ2n) is 6.20. The number of nitrogens with zero attached hydrogens (tertiary/aromatic N) is 1. The van der Waals surface area contributed by atoms with Gasteiger partial charge in [-0.25, -0.2) is 0 Å². The van der Waals surface area contributed by atoms with Crippen molar-refractivity contribution in [3.8, 4) is 0 Å². The third kappa shape index (κ3) is 6.22. The Labute approximate surface area is 132 Å². The smallest absolute Gasteiger partial charge is 0.306 e. The number of likely N-dealkylation sites (tertiary alicyclic amines) is 1. The molecule has 0 spiro atoms. The molecule has 1 heterocycles. The molecule has 0 aromatic rings. The van der Waals surface area contributed by atoms with Gasteiger partial charge in [0.05, 0.1) is 12.5 Å². The fourth-order valence-corrected chi connectivity index (χ4v) is 3.25. The van der Waals surface area contributed by atoms with Crippen molar-refractivity contribution in [1.82, 2.24) is 10.2 Å². The Morgan fingerprint density at radius 3 is 2.24 bits per heavy atom. The van der Waals surface area contributed by atoms with Gasteiger partial charge in [0.1, 0.15) is 0 Å². The summed E-state index contributed by atoms with van der Waals surface area (Å²) in [5.74, 6) is -0.183. The minimum atomic E-state index is -0.702. The lowest BCUT2D eigenvalue weighted by atomic mass is 9.89. The fourth-order valence-electron chi connectivity index (χ4n) is 3.25. The normalized spacial score (nSPS) is 21.5. The molecule has 6 heteroatoms. The summed E-state index contributed by atoms with van der Waals surface area (Å²) >= 11 is 0. The predicted molar refractivity (Wildman–Crippen MR) is 83.6 cm³/mol. The van der Waals surface area contributed by atoms with E-state index < -0.39 is 5.97 Å². The lowest BCUT2D eigenvalue weighted by Gasteiger charge is -2.29. The van der Waals surface area contributed by atoms with Crippen molar-refractivity contribution >= 4 is 24.3 Å². The van der Waals surface area contributed by atoms with E-state index in [2.05, 4.69) is 10.2 Å². The third-order valence-corrected chi connectivity index (χ3v) is 4.62. The number of aliphatic carboxylic acids is 1. The number of carboxylic acids is 1. The SMILES string of the molecule is Cl.O=C(CN1CCC(C(=O)O)CC1)NCC1CCCCC1. The van der Waals surface area contributed by atoms with Gasteiger partial charge in [0.15, 0.2) is 0 Å². The van der Waals surface area contributed by atoms with Gasteiger partial charge in [0.25, 0.3) is 0 Å². The molecule has 1 saturated heterocycles. The number of hydrogen-bond acceptors (Lipinski definition) is 3. The number of amides is 1. The van der Waals surface area contributed by atoms with Gasteiger partial charge in [-0.1, -0.05) is 19.3 Å². The maximum atomic E-state index is 11.9. The van der Waals surface area contributed by atoms with Gasteiger partial charge in [-0.15, -0.1) is 12.4 Å². The van der Waals surface area contributed by atoms with E-state index in [4.69, 9.17) is 5.11 Å². The summed E-state index contributed by atoms with van der Waals surface area (Å²) < 4.78 is 0. The number of carbonyl (C=O) groups excluding carboxylic acids is 1. The van der Waals surface area contributed by atoms with E-state index in [1.54, 1.807) is 0 Å². The Balaban J connectivity index is 0.00000220. The van der Waals surface area contributed by atoms with Crippen LogP contribution in [0.3, 0.4) is 0 Å². The van der Waals surface area contributed by atoms with Crippen molar-refractivity contribution in [2.75, 3.05) is 26.2 Å². The van der Waals surface area contributed by atoms with Gasteiger partial charge in [0, 0.05) is 6.54 Å². The van der Waals surface area contributed by atoms with Crippen LogP contribution in [-0.2, 0) is 9.59 Å². The highest BCUT2D eigenvalue weighted by atomic mass is 35.5. The second-order valence-corrected chi connectivity index (χ2v) is 6.20. The monoisotopic (exact) mass is 318 g/mol. The third-order valence-electron chi connectivity index (χ3n) is 4.62. The number of nitrogens with one attached hydrogen (secondary N) is 1. The highest BCUT2D eigenvalue weighted by Gasteiger charge is 2.25. The van der Waals surface area contributed by atoms with Crippen LogP contribution in [0.15, 0.2) is 0 Å². The predicted octanol–water partition coefficient (Wildman–Crippen LogP) is 1.90. The molecule has 0 bridgehead atoms. The van der Waals surface area contributed by atoms with Crippen LogP contribution < -0.4 is 5.32 Å². The highest BCUT2D eigenvalue weighted by Crippen LogP contribution is 2.22. The standard InChI is InChI=1S/C15H26N2O3.ClH/c18-14(16-10-12-4-2-1-3-5-12)11-17-8-6-13(7-9-17)15(19)20;/h12-13H,1-11H2,(H,16,18)(H,19,20);1H. The minimum Gasteiger partial charge on any atom is -0.481 e. The first-order chi connectivity index (χ1) is 9.65. The van der Waals surface area contributed by atoms with E-state index in [0.29, 0.717) is 38.4 Å². The summed E-state index contributed by atoms with van der Waals surface area (Å²) in [5, 5.41) is 12.0. The van der Waals surface area contributed by atoms with Crippen molar-refractivity contribution in [1.29, 1.82) is 0 Å². The first-order valence-corrected chi connectivity index (χ1v) is 7.87. The molecule has 0 aromatic carbocycles. The van der Waals surface area contributed by atoms with E-state index in [1.807, 2.05) is 0 Å². The first-order valence-electron chi connectivity index (χ1n) is 7.87. The second kappa shape index (κ2) is 9.26. The van der Waals surface area contributed by atoms with Crippen LogP contribution in [0.2, 0.25) is 0 Å². The Morgan fingerprint density at radius 2 is 1.67 bits per heavy atom. The molecule has 5 nitrogen and oxygen atoms in total. The molecule has 0 radical (unpaired) electrons. The number of carboxylic acid groups (broad SMARTS) is 1. The van der Waals surface area contributed by atoms with Crippen LogP contribution in [0.25, 0.3) is 0 Å². The Bertz CT molecular complexity index is 338. The largest absolute Gasteiger partial charge is 0.481 e. The van der Waals surface area contributed by atoms with Gasteiger partial charge >= 0.3 is 5.97 Å². The topological polar surface area (TPSA) is 69.6 Å². The maximum Gasteiger partial charge on any atom is 0.306 e. The zero-order valence-corrected chi connectivity index (χ0v) is 13.4. The van der Waals surface area contributed by atoms with Crippen molar-refractivity contribution in [2.24, 2.45) is 11.8 Å². The number of piperidine rings is 1. The Hall–Kier alpha value is -0.810. The van der Waals surface area contributed by atoms with Crippen LogP contribution in [0, 0.1) is 11.8 Å². The number of rotatable bonds is 5. The molecule has 2 aliphatic rings. The first kappa shape index (κ1) is 18.2. The maximum absolute atomic E-state index is 11.9. The molecule has 122 valence electrons. The molecule has 1 amide bonds. The highest BCUT2D eigenvalue weighted by molar-refractivity contribution is 5.85. The Morgan fingerprint density at radius 1 is 1.05 bits per heavy atom. The van der Waals surface area contributed by atoms with Crippen molar-refractivity contribution < 1.29 is 14.7 Å². The molecule has 1 aliphatic heterocycles.